The van der Waals surface area contributed by atoms with Gasteiger partial charge in [0.2, 0.25) is 0 Å². The molecule has 1 atom stereocenters. The summed E-state index contributed by atoms with van der Waals surface area (Å²) in [6.45, 7) is 2.99. The van der Waals surface area contributed by atoms with Crippen LogP contribution in [0.3, 0.4) is 0 Å². The lowest BCUT2D eigenvalue weighted by atomic mass is 10.2. The normalized spacial score (nSPS) is 22.2. The summed E-state index contributed by atoms with van der Waals surface area (Å²) in [5, 5.41) is 1.19. The van der Waals surface area contributed by atoms with E-state index in [-0.39, 0.29) is 0 Å². The highest BCUT2D eigenvalue weighted by Crippen LogP contribution is 2.21. The van der Waals surface area contributed by atoms with Crippen molar-refractivity contribution in [3.8, 4) is 0 Å². The number of fused-ring (bicyclic) bond motifs is 1. The molecular weight excluding hydrogens is 224 g/mol. The summed E-state index contributed by atoms with van der Waals surface area (Å²) in [7, 11) is 0. The molecule has 3 rings (SSSR count). The zero-order valence-electron chi connectivity index (χ0n) is 10.6. The van der Waals surface area contributed by atoms with Gasteiger partial charge in [-0.05, 0) is 31.5 Å². The van der Waals surface area contributed by atoms with Crippen LogP contribution < -0.4 is 5.73 Å². The van der Waals surface area contributed by atoms with Gasteiger partial charge in [-0.2, -0.15) is 0 Å². The molecule has 3 heteroatoms. The second kappa shape index (κ2) is 5.12. The third kappa shape index (κ3) is 2.57. The largest absolute Gasteiger partial charge is 0.460 e. The average molecular weight is 244 g/mol. The monoisotopic (exact) mass is 244 g/mol. The van der Waals surface area contributed by atoms with Gasteiger partial charge in [-0.15, -0.1) is 0 Å². The maximum atomic E-state index is 6.08. The number of furan rings is 1. The fourth-order valence-corrected chi connectivity index (χ4v) is 2.73. The van der Waals surface area contributed by atoms with Crippen molar-refractivity contribution in [3.05, 3.63) is 36.1 Å². The molecule has 2 N–H and O–H groups in total. The van der Waals surface area contributed by atoms with Crippen molar-refractivity contribution < 1.29 is 4.42 Å². The Labute approximate surface area is 108 Å². The summed E-state index contributed by atoms with van der Waals surface area (Å²) in [6, 6.07) is 10.6. The SMILES string of the molecule is NC1CCCCN(Cc2cc3ccccc3o2)C1. The fraction of sp³-hybridized carbons (Fsp3) is 0.467. The summed E-state index contributed by atoms with van der Waals surface area (Å²) < 4.78 is 5.86. The van der Waals surface area contributed by atoms with E-state index in [0.29, 0.717) is 6.04 Å². The van der Waals surface area contributed by atoms with Gasteiger partial charge in [0, 0.05) is 18.0 Å². The number of hydrogen-bond acceptors (Lipinski definition) is 3. The molecule has 0 radical (unpaired) electrons. The van der Waals surface area contributed by atoms with Crippen molar-refractivity contribution in [2.24, 2.45) is 5.73 Å². The molecule has 0 saturated carbocycles. The van der Waals surface area contributed by atoms with Crippen LogP contribution in [0.2, 0.25) is 0 Å². The molecule has 1 aromatic carbocycles. The lowest BCUT2D eigenvalue weighted by Gasteiger charge is -2.20. The number of rotatable bonds is 2. The zero-order chi connectivity index (χ0) is 12.4. The van der Waals surface area contributed by atoms with Crippen LogP contribution in [-0.2, 0) is 6.54 Å². The van der Waals surface area contributed by atoms with Crippen LogP contribution in [0.1, 0.15) is 25.0 Å². The second-order valence-corrected chi connectivity index (χ2v) is 5.24. The Morgan fingerprint density at radius 2 is 2.17 bits per heavy atom. The van der Waals surface area contributed by atoms with Crippen molar-refractivity contribution >= 4 is 11.0 Å². The smallest absolute Gasteiger partial charge is 0.134 e. The zero-order valence-corrected chi connectivity index (χ0v) is 10.6. The van der Waals surface area contributed by atoms with Gasteiger partial charge in [-0.3, -0.25) is 4.90 Å². The number of hydrogen-bond donors (Lipinski definition) is 1. The minimum atomic E-state index is 0.317. The van der Waals surface area contributed by atoms with E-state index in [1.165, 1.54) is 18.2 Å². The van der Waals surface area contributed by atoms with Crippen LogP contribution in [0.15, 0.2) is 34.7 Å². The van der Waals surface area contributed by atoms with Gasteiger partial charge >= 0.3 is 0 Å². The lowest BCUT2D eigenvalue weighted by Crippen LogP contribution is -2.35. The molecule has 1 saturated heterocycles. The van der Waals surface area contributed by atoms with E-state index in [1.54, 1.807) is 0 Å². The summed E-state index contributed by atoms with van der Waals surface area (Å²) >= 11 is 0. The maximum Gasteiger partial charge on any atom is 0.134 e. The van der Waals surface area contributed by atoms with Gasteiger partial charge in [-0.1, -0.05) is 24.6 Å². The minimum Gasteiger partial charge on any atom is -0.460 e. The van der Waals surface area contributed by atoms with Crippen molar-refractivity contribution in [3.63, 3.8) is 0 Å². The molecule has 18 heavy (non-hydrogen) atoms. The van der Waals surface area contributed by atoms with E-state index in [4.69, 9.17) is 10.2 Å². The Bertz CT molecular complexity index is 487. The van der Waals surface area contributed by atoms with Crippen LogP contribution in [0, 0.1) is 0 Å². The summed E-state index contributed by atoms with van der Waals surface area (Å²) in [4.78, 5) is 2.41. The van der Waals surface area contributed by atoms with Gasteiger partial charge < -0.3 is 10.2 Å². The average Bonchev–Trinajstić information content (AvgIpc) is 2.65. The molecule has 1 aliphatic rings. The topological polar surface area (TPSA) is 42.4 Å². The molecule has 1 aromatic heterocycles. The molecule has 2 heterocycles. The van der Waals surface area contributed by atoms with E-state index >= 15 is 0 Å². The Balaban J connectivity index is 1.74. The van der Waals surface area contributed by atoms with Gasteiger partial charge in [0.15, 0.2) is 0 Å². The number of likely N-dealkylation sites (tertiary alicyclic amines) is 1. The predicted molar refractivity (Wildman–Crippen MR) is 73.3 cm³/mol. The molecule has 1 aliphatic heterocycles. The van der Waals surface area contributed by atoms with Gasteiger partial charge in [0.1, 0.15) is 11.3 Å². The molecule has 3 nitrogen and oxygen atoms in total. The number of para-hydroxylation sites is 1. The first-order valence-electron chi connectivity index (χ1n) is 6.77. The third-order valence-corrected chi connectivity index (χ3v) is 3.65. The van der Waals surface area contributed by atoms with Crippen molar-refractivity contribution in [1.82, 2.24) is 4.90 Å². The summed E-state index contributed by atoms with van der Waals surface area (Å²) in [6.07, 6.45) is 3.64. The van der Waals surface area contributed by atoms with Crippen LogP contribution >= 0.6 is 0 Å². The van der Waals surface area contributed by atoms with Crippen LogP contribution in [-0.4, -0.2) is 24.0 Å². The highest BCUT2D eigenvalue weighted by Gasteiger charge is 2.16. The number of nitrogens with zero attached hydrogens (tertiary/aromatic N) is 1. The molecule has 0 spiro atoms. The van der Waals surface area contributed by atoms with Crippen molar-refractivity contribution in [1.29, 1.82) is 0 Å². The highest BCUT2D eigenvalue weighted by molar-refractivity contribution is 5.77. The Hall–Kier alpha value is -1.32. The standard InChI is InChI=1S/C15H20N2O/c16-13-6-3-4-8-17(10-13)11-14-9-12-5-1-2-7-15(12)18-14/h1-2,5,7,9,13H,3-4,6,8,10-11,16H2. The fourth-order valence-electron chi connectivity index (χ4n) is 2.73. The van der Waals surface area contributed by atoms with E-state index in [9.17, 15) is 0 Å². The number of benzene rings is 1. The Morgan fingerprint density at radius 1 is 1.28 bits per heavy atom. The van der Waals surface area contributed by atoms with Crippen LogP contribution in [0.4, 0.5) is 0 Å². The van der Waals surface area contributed by atoms with E-state index in [1.807, 2.05) is 18.2 Å². The Kier molecular flexibility index (Phi) is 3.35. The Morgan fingerprint density at radius 3 is 3.06 bits per heavy atom. The molecule has 0 bridgehead atoms. The summed E-state index contributed by atoms with van der Waals surface area (Å²) in [5.74, 6) is 1.05. The predicted octanol–water partition coefficient (Wildman–Crippen LogP) is 2.75. The second-order valence-electron chi connectivity index (χ2n) is 5.24. The minimum absolute atomic E-state index is 0.317. The maximum absolute atomic E-state index is 6.08. The molecule has 1 unspecified atom stereocenters. The van der Waals surface area contributed by atoms with Crippen molar-refractivity contribution in [2.45, 2.75) is 31.8 Å². The van der Waals surface area contributed by atoms with Crippen molar-refractivity contribution in [2.75, 3.05) is 13.1 Å². The first-order chi connectivity index (χ1) is 8.81. The molecule has 0 amide bonds. The molecule has 0 aliphatic carbocycles. The highest BCUT2D eigenvalue weighted by atomic mass is 16.3. The first kappa shape index (κ1) is 11.8. The molecule has 2 aromatic rings. The van der Waals surface area contributed by atoms with Crippen LogP contribution in [0.5, 0.6) is 0 Å². The summed E-state index contributed by atoms with van der Waals surface area (Å²) in [5.41, 5.74) is 7.06. The third-order valence-electron chi connectivity index (χ3n) is 3.65. The van der Waals surface area contributed by atoms with E-state index in [0.717, 1.165) is 37.4 Å². The number of nitrogens with two attached hydrogens (primary N) is 1. The van der Waals surface area contributed by atoms with Gasteiger partial charge in [0.25, 0.3) is 0 Å². The molecular formula is C15H20N2O. The lowest BCUT2D eigenvalue weighted by molar-refractivity contribution is 0.246. The van der Waals surface area contributed by atoms with Crippen LogP contribution in [0.25, 0.3) is 11.0 Å². The van der Waals surface area contributed by atoms with Gasteiger partial charge in [0.05, 0.1) is 6.54 Å². The first-order valence-corrected chi connectivity index (χ1v) is 6.77. The quantitative estimate of drug-likeness (QED) is 0.883. The van der Waals surface area contributed by atoms with Gasteiger partial charge in [-0.25, -0.2) is 0 Å². The molecule has 96 valence electrons. The molecule has 1 fully saturated rings. The van der Waals surface area contributed by atoms with E-state index in [2.05, 4.69) is 17.0 Å². The van der Waals surface area contributed by atoms with E-state index < -0.39 is 0 Å².